The maximum absolute atomic E-state index is 13.5. The fourth-order valence-corrected chi connectivity index (χ4v) is 6.15. The van der Waals surface area contributed by atoms with Crippen molar-refractivity contribution in [2.24, 2.45) is 0 Å². The van der Waals surface area contributed by atoms with Gasteiger partial charge in [-0.05, 0) is 91.9 Å². The zero-order valence-corrected chi connectivity index (χ0v) is 22.9. The van der Waals surface area contributed by atoms with Gasteiger partial charge in [-0.25, -0.2) is 21.2 Å². The first-order chi connectivity index (χ1) is 18.4. The molecule has 0 aliphatic rings. The van der Waals surface area contributed by atoms with Crippen LogP contribution in [0, 0.1) is 12.7 Å². The molecule has 0 fully saturated rings. The van der Waals surface area contributed by atoms with Crippen LogP contribution in [0.2, 0.25) is 5.02 Å². The summed E-state index contributed by atoms with van der Waals surface area (Å²) in [5, 5.41) is 3.03. The maximum atomic E-state index is 13.5. The fourth-order valence-electron chi connectivity index (χ4n) is 3.54. The van der Waals surface area contributed by atoms with Gasteiger partial charge in [0, 0.05) is 16.4 Å². The Kier molecular flexibility index (Phi) is 8.24. The number of benzene rings is 4. The average Bonchev–Trinajstić information content (AvgIpc) is 2.90. The number of carbonyl (C=O) groups excluding carboxylic acids is 1. The van der Waals surface area contributed by atoms with E-state index in [0.29, 0.717) is 10.7 Å². The minimum atomic E-state index is -4.18. The third-order valence-corrected chi connectivity index (χ3v) is 8.99. The number of amides is 1. The molecule has 0 spiro atoms. The molecule has 0 saturated heterocycles. The van der Waals surface area contributed by atoms with E-state index in [-0.39, 0.29) is 21.2 Å². The van der Waals surface area contributed by atoms with Gasteiger partial charge in [-0.15, -0.1) is 0 Å². The highest BCUT2D eigenvalue weighted by molar-refractivity contribution is 7.93. The summed E-state index contributed by atoms with van der Waals surface area (Å²) in [7, 11) is -8.08. The number of hydrogen-bond donors (Lipinski definition) is 2. The Morgan fingerprint density at radius 3 is 1.90 bits per heavy atom. The summed E-state index contributed by atoms with van der Waals surface area (Å²) in [5.74, 6) is -1.25. The van der Waals surface area contributed by atoms with Crippen LogP contribution in [0.1, 0.15) is 5.56 Å². The Balaban J connectivity index is 1.52. The first kappa shape index (κ1) is 28.1. The number of hydrogen-bond acceptors (Lipinski definition) is 5. The summed E-state index contributed by atoms with van der Waals surface area (Å²) >= 11 is 5.83. The van der Waals surface area contributed by atoms with Crippen molar-refractivity contribution in [3.63, 3.8) is 0 Å². The van der Waals surface area contributed by atoms with E-state index in [9.17, 15) is 26.0 Å². The van der Waals surface area contributed by atoms with Crippen molar-refractivity contribution in [3.8, 4) is 0 Å². The first-order valence-corrected chi connectivity index (χ1v) is 14.8. The molecule has 0 unspecified atom stereocenters. The van der Waals surface area contributed by atoms with Crippen molar-refractivity contribution in [3.05, 3.63) is 113 Å². The minimum absolute atomic E-state index is 0.0343. The van der Waals surface area contributed by atoms with Crippen LogP contribution < -0.4 is 14.3 Å². The van der Waals surface area contributed by atoms with Gasteiger partial charge < -0.3 is 5.32 Å². The SMILES string of the molecule is Cc1ccc(S(=O)(=O)N(CC(=O)Nc2ccc(S(=O)(=O)Nc3ccc(Cl)cc3)cc2)c2ccc(F)cc2)cc1. The largest absolute Gasteiger partial charge is 0.325 e. The number of anilines is 3. The Labute approximate surface area is 231 Å². The molecule has 0 atom stereocenters. The van der Waals surface area contributed by atoms with Crippen LogP contribution in [0.3, 0.4) is 0 Å². The third-order valence-electron chi connectivity index (χ3n) is 5.56. The summed E-state index contributed by atoms with van der Waals surface area (Å²) in [6, 6.07) is 22.3. The van der Waals surface area contributed by atoms with Gasteiger partial charge in [0.2, 0.25) is 5.91 Å². The quantitative estimate of drug-likeness (QED) is 0.271. The average molecular weight is 588 g/mol. The normalized spacial score (nSPS) is 11.6. The van der Waals surface area contributed by atoms with Gasteiger partial charge >= 0.3 is 0 Å². The molecule has 202 valence electrons. The van der Waals surface area contributed by atoms with E-state index >= 15 is 0 Å². The highest BCUT2D eigenvalue weighted by Gasteiger charge is 2.27. The monoisotopic (exact) mass is 587 g/mol. The molecule has 0 bridgehead atoms. The number of aryl methyl sites for hydroxylation is 1. The van der Waals surface area contributed by atoms with Crippen LogP contribution in [0.15, 0.2) is 107 Å². The molecule has 0 aliphatic heterocycles. The topological polar surface area (TPSA) is 113 Å². The third kappa shape index (κ3) is 6.94. The molecule has 0 heterocycles. The minimum Gasteiger partial charge on any atom is -0.325 e. The number of halogens is 2. The van der Waals surface area contributed by atoms with Gasteiger partial charge in [0.05, 0.1) is 15.5 Å². The van der Waals surface area contributed by atoms with Crippen LogP contribution in [-0.4, -0.2) is 29.3 Å². The van der Waals surface area contributed by atoms with E-state index in [1.165, 1.54) is 60.7 Å². The van der Waals surface area contributed by atoms with Crippen LogP contribution in [0.4, 0.5) is 21.5 Å². The van der Waals surface area contributed by atoms with E-state index in [2.05, 4.69) is 10.0 Å². The van der Waals surface area contributed by atoms with Crippen LogP contribution in [0.25, 0.3) is 0 Å². The van der Waals surface area contributed by atoms with Gasteiger partial charge in [-0.1, -0.05) is 29.3 Å². The lowest BCUT2D eigenvalue weighted by atomic mass is 10.2. The lowest BCUT2D eigenvalue weighted by Crippen LogP contribution is -2.38. The van der Waals surface area contributed by atoms with Gasteiger partial charge in [0.1, 0.15) is 12.4 Å². The summed E-state index contributed by atoms with van der Waals surface area (Å²) in [6.07, 6.45) is 0. The predicted molar refractivity (Wildman–Crippen MR) is 149 cm³/mol. The second kappa shape index (κ2) is 11.4. The molecule has 0 saturated carbocycles. The summed E-state index contributed by atoms with van der Waals surface area (Å²) in [4.78, 5) is 12.8. The van der Waals surface area contributed by atoms with Gasteiger partial charge in [0.25, 0.3) is 20.0 Å². The van der Waals surface area contributed by atoms with E-state index in [1.54, 1.807) is 24.3 Å². The van der Waals surface area contributed by atoms with Crippen molar-refractivity contribution < 1.29 is 26.0 Å². The second-order valence-corrected chi connectivity index (χ2v) is 12.5. The molecule has 12 heteroatoms. The Hall–Kier alpha value is -3.93. The Morgan fingerprint density at radius 2 is 1.31 bits per heavy atom. The smallest absolute Gasteiger partial charge is 0.264 e. The maximum Gasteiger partial charge on any atom is 0.264 e. The molecule has 0 aromatic heterocycles. The molecular weight excluding hydrogens is 565 g/mol. The van der Waals surface area contributed by atoms with Crippen LogP contribution in [-0.2, 0) is 24.8 Å². The highest BCUT2D eigenvalue weighted by atomic mass is 35.5. The lowest BCUT2D eigenvalue weighted by molar-refractivity contribution is -0.114. The van der Waals surface area contributed by atoms with E-state index in [4.69, 9.17) is 11.6 Å². The molecule has 0 aliphatic carbocycles. The van der Waals surface area contributed by atoms with Crippen LogP contribution in [0.5, 0.6) is 0 Å². The standard InChI is InChI=1S/C27H23ClFN3O5S2/c1-19-2-14-26(15-3-19)39(36,37)32(24-12-6-21(29)7-13-24)18-27(33)30-22-10-16-25(17-11-22)38(34,35)31-23-8-4-20(28)5-9-23/h2-17,31H,18H2,1H3,(H,30,33). The fraction of sp³-hybridized carbons (Fsp3) is 0.0741. The number of sulfonamides is 2. The van der Waals surface area contributed by atoms with Crippen molar-refractivity contribution >= 4 is 54.6 Å². The molecule has 4 aromatic carbocycles. The number of nitrogens with one attached hydrogen (secondary N) is 2. The Morgan fingerprint density at radius 1 is 0.769 bits per heavy atom. The summed E-state index contributed by atoms with van der Waals surface area (Å²) in [5.41, 5.74) is 1.53. The van der Waals surface area contributed by atoms with Gasteiger partial charge in [-0.2, -0.15) is 0 Å². The molecule has 4 rings (SSSR count). The molecule has 4 aromatic rings. The zero-order chi connectivity index (χ0) is 28.2. The molecule has 0 radical (unpaired) electrons. The first-order valence-electron chi connectivity index (χ1n) is 11.5. The molecule has 8 nitrogen and oxygen atoms in total. The molecule has 39 heavy (non-hydrogen) atoms. The Bertz CT molecular complexity index is 1680. The molecular formula is C27H23ClFN3O5S2. The van der Waals surface area contributed by atoms with Crippen molar-refractivity contribution in [2.45, 2.75) is 16.7 Å². The number of carbonyl (C=O) groups is 1. The van der Waals surface area contributed by atoms with E-state index in [1.807, 2.05) is 6.92 Å². The van der Waals surface area contributed by atoms with Gasteiger partial charge in [0.15, 0.2) is 0 Å². The number of nitrogens with zero attached hydrogens (tertiary/aromatic N) is 1. The predicted octanol–water partition coefficient (Wildman–Crippen LogP) is 5.42. The van der Waals surface area contributed by atoms with Crippen molar-refractivity contribution in [1.82, 2.24) is 0 Å². The van der Waals surface area contributed by atoms with Crippen LogP contribution >= 0.6 is 11.6 Å². The summed E-state index contributed by atoms with van der Waals surface area (Å²) < 4.78 is 69.0. The van der Waals surface area contributed by atoms with E-state index < -0.39 is 38.3 Å². The molecule has 1 amide bonds. The van der Waals surface area contributed by atoms with Crippen molar-refractivity contribution in [1.29, 1.82) is 0 Å². The number of rotatable bonds is 9. The zero-order valence-electron chi connectivity index (χ0n) is 20.5. The second-order valence-electron chi connectivity index (χ2n) is 8.49. The molecule has 2 N–H and O–H groups in total. The highest BCUT2D eigenvalue weighted by Crippen LogP contribution is 2.25. The van der Waals surface area contributed by atoms with Crippen molar-refractivity contribution in [2.75, 3.05) is 20.9 Å². The van der Waals surface area contributed by atoms with Gasteiger partial charge in [-0.3, -0.25) is 13.8 Å². The van der Waals surface area contributed by atoms with E-state index in [0.717, 1.165) is 22.0 Å². The lowest BCUT2D eigenvalue weighted by Gasteiger charge is -2.24. The summed E-state index contributed by atoms with van der Waals surface area (Å²) in [6.45, 7) is 1.20.